The summed E-state index contributed by atoms with van der Waals surface area (Å²) in [6, 6.07) is 1.78. The molecule has 4 aromatic heterocycles. The summed E-state index contributed by atoms with van der Waals surface area (Å²) in [4.78, 5) is 59.1. The fraction of sp³-hybridized carbons (Fsp3) is 0.304. The van der Waals surface area contributed by atoms with Gasteiger partial charge in [0.25, 0.3) is 0 Å². The lowest BCUT2D eigenvalue weighted by atomic mass is 10.1. The first-order valence-electron chi connectivity index (χ1n) is 11.7. The number of fused-ring (bicyclic) bond motifs is 1. The van der Waals surface area contributed by atoms with Crippen LogP contribution in [0, 0.1) is 5.82 Å². The first-order valence-corrected chi connectivity index (χ1v) is 12.5. The maximum absolute atomic E-state index is 15.2. The van der Waals surface area contributed by atoms with Gasteiger partial charge in [0.15, 0.2) is 23.0 Å². The summed E-state index contributed by atoms with van der Waals surface area (Å²) >= 11 is 0.936. The largest absolute Gasteiger partial charge is 0.477 e. The molecular weight excluding hydrogens is 537 g/mol. The predicted molar refractivity (Wildman–Crippen MR) is 133 cm³/mol. The number of carboxylic acid groups (broad SMARTS) is 1. The predicted octanol–water partition coefficient (Wildman–Crippen LogP) is 1.69. The molecule has 0 spiro atoms. The van der Waals surface area contributed by atoms with Crippen molar-refractivity contribution in [2.75, 3.05) is 31.2 Å². The van der Waals surface area contributed by atoms with Crippen LogP contribution in [0.15, 0.2) is 29.5 Å². The lowest BCUT2D eigenvalue weighted by Gasteiger charge is -2.40. The zero-order valence-electron chi connectivity index (χ0n) is 20.5. The minimum atomic E-state index is -1.48. The van der Waals surface area contributed by atoms with Crippen LogP contribution in [0.1, 0.15) is 51.2 Å². The summed E-state index contributed by atoms with van der Waals surface area (Å²) in [7, 11) is 0. The second-order valence-electron chi connectivity index (χ2n) is 8.29. The Bertz CT molecular complexity index is 1660. The van der Waals surface area contributed by atoms with Crippen LogP contribution in [0.5, 0.6) is 0 Å². The van der Waals surface area contributed by atoms with E-state index in [9.17, 15) is 24.3 Å². The third-order valence-corrected chi connectivity index (χ3v) is 6.58. The number of carboxylic acids is 1. The van der Waals surface area contributed by atoms with E-state index in [1.54, 1.807) is 18.7 Å². The van der Waals surface area contributed by atoms with Gasteiger partial charge in [0, 0.05) is 36.9 Å². The van der Waals surface area contributed by atoms with Crippen LogP contribution in [0.3, 0.4) is 0 Å². The van der Waals surface area contributed by atoms with E-state index < -0.39 is 40.8 Å². The van der Waals surface area contributed by atoms with Crippen LogP contribution in [-0.2, 0) is 9.47 Å². The van der Waals surface area contributed by atoms with E-state index in [4.69, 9.17) is 9.47 Å². The van der Waals surface area contributed by atoms with Gasteiger partial charge < -0.3 is 19.5 Å². The Morgan fingerprint density at radius 3 is 2.51 bits per heavy atom. The quantitative estimate of drug-likeness (QED) is 0.311. The van der Waals surface area contributed by atoms with Crippen molar-refractivity contribution in [1.82, 2.24) is 28.7 Å². The second kappa shape index (κ2) is 10.2. The first kappa shape index (κ1) is 25.9. The molecule has 5 heterocycles. The molecule has 1 fully saturated rings. The summed E-state index contributed by atoms with van der Waals surface area (Å²) in [5.74, 6) is -3.80. The molecule has 39 heavy (non-hydrogen) atoms. The van der Waals surface area contributed by atoms with Gasteiger partial charge in [0.05, 0.1) is 24.6 Å². The Morgan fingerprint density at radius 1 is 1.15 bits per heavy atom. The van der Waals surface area contributed by atoms with Gasteiger partial charge in [-0.1, -0.05) is 0 Å². The lowest BCUT2D eigenvalue weighted by Crippen LogP contribution is -2.49. The number of anilines is 1. The number of aromatic carboxylic acids is 1. The van der Waals surface area contributed by atoms with E-state index in [2.05, 4.69) is 19.4 Å². The van der Waals surface area contributed by atoms with Crippen molar-refractivity contribution in [3.63, 3.8) is 0 Å². The minimum absolute atomic E-state index is 0.00232. The number of pyridine rings is 2. The number of hydrogen-bond acceptors (Lipinski definition) is 12. The lowest BCUT2D eigenvalue weighted by molar-refractivity contribution is 0.0501. The number of esters is 2. The Kier molecular flexibility index (Phi) is 6.78. The molecule has 4 aromatic rings. The molecule has 1 aliphatic rings. The van der Waals surface area contributed by atoms with E-state index in [0.717, 1.165) is 23.8 Å². The molecule has 0 unspecified atom stereocenters. The molecule has 16 heteroatoms. The highest BCUT2D eigenvalue weighted by Crippen LogP contribution is 2.31. The first-order chi connectivity index (χ1) is 18.7. The van der Waals surface area contributed by atoms with Crippen molar-refractivity contribution >= 4 is 46.3 Å². The van der Waals surface area contributed by atoms with Crippen molar-refractivity contribution in [2.45, 2.75) is 19.9 Å². The van der Waals surface area contributed by atoms with Gasteiger partial charge in [-0.05, 0) is 19.9 Å². The number of carbonyl (C=O) groups is 3. The maximum atomic E-state index is 15.2. The van der Waals surface area contributed by atoms with Crippen LogP contribution >= 0.6 is 11.5 Å². The molecule has 5 rings (SSSR count). The number of carbonyl (C=O) groups excluding carboxylic acids is 2. The summed E-state index contributed by atoms with van der Waals surface area (Å²) in [5.41, 5.74) is -1.48. The molecule has 1 N–H and O–H groups in total. The molecule has 0 atom stereocenters. The van der Waals surface area contributed by atoms with Crippen molar-refractivity contribution in [3.8, 4) is 5.13 Å². The van der Waals surface area contributed by atoms with Crippen LogP contribution < -0.4 is 10.3 Å². The van der Waals surface area contributed by atoms with E-state index in [-0.39, 0.29) is 59.7 Å². The van der Waals surface area contributed by atoms with E-state index >= 15 is 4.39 Å². The molecule has 202 valence electrons. The smallest absolute Gasteiger partial charge is 0.358 e. The zero-order chi connectivity index (χ0) is 27.8. The number of nitrogens with zero attached hydrogens (tertiary/aromatic N) is 7. The molecule has 0 bridgehead atoms. The molecule has 0 amide bonds. The topological polar surface area (TPSA) is 172 Å². The van der Waals surface area contributed by atoms with E-state index in [1.165, 1.54) is 21.6 Å². The summed E-state index contributed by atoms with van der Waals surface area (Å²) < 4.78 is 31.8. The Morgan fingerprint density at radius 2 is 1.87 bits per heavy atom. The van der Waals surface area contributed by atoms with Gasteiger partial charge in [-0.25, -0.2) is 28.7 Å². The number of rotatable bonds is 8. The monoisotopic (exact) mass is 557 g/mol. The molecule has 0 aromatic carbocycles. The fourth-order valence-electron chi connectivity index (χ4n) is 4.13. The summed E-state index contributed by atoms with van der Waals surface area (Å²) in [6.07, 6.45) is 2.33. The maximum Gasteiger partial charge on any atom is 0.358 e. The number of hydrogen-bond donors (Lipinski definition) is 1. The highest BCUT2D eigenvalue weighted by Gasteiger charge is 2.36. The van der Waals surface area contributed by atoms with Gasteiger partial charge in [-0.15, -0.1) is 0 Å². The van der Waals surface area contributed by atoms with Crippen LogP contribution in [0.4, 0.5) is 10.2 Å². The summed E-state index contributed by atoms with van der Waals surface area (Å²) in [5, 5.41) is 13.7. The molecule has 0 saturated carbocycles. The Labute approximate surface area is 222 Å². The Hall–Kier alpha value is -4.73. The normalized spacial score (nSPS) is 13.4. The molecule has 0 radical (unpaired) electrons. The van der Waals surface area contributed by atoms with Gasteiger partial charge in [-0.2, -0.15) is 9.47 Å². The second-order valence-corrected chi connectivity index (χ2v) is 9.05. The van der Waals surface area contributed by atoms with Crippen LogP contribution in [-0.4, -0.2) is 78.0 Å². The van der Waals surface area contributed by atoms with Crippen molar-refractivity contribution < 1.29 is 33.4 Å². The number of ether oxygens (including phenoxy) is 2. The highest BCUT2D eigenvalue weighted by atomic mass is 32.1. The highest BCUT2D eigenvalue weighted by molar-refractivity contribution is 7.08. The third-order valence-electron chi connectivity index (χ3n) is 5.91. The van der Waals surface area contributed by atoms with Gasteiger partial charge >= 0.3 is 17.9 Å². The summed E-state index contributed by atoms with van der Waals surface area (Å²) in [6.45, 7) is 3.83. The molecule has 14 nitrogen and oxygen atoms in total. The van der Waals surface area contributed by atoms with Crippen LogP contribution in [0.25, 0.3) is 16.2 Å². The number of halogens is 1. The average Bonchev–Trinajstić information content (AvgIpc) is 3.55. The van der Waals surface area contributed by atoms with E-state index in [0.29, 0.717) is 0 Å². The fourth-order valence-corrected chi connectivity index (χ4v) is 4.64. The third kappa shape index (κ3) is 4.58. The SMILES string of the molecule is CCOC(=O)c1cc(C(=O)OCC)n(C2CN(c3nc4c(cc3F)c(=O)c(C(=O)O)cn4-c3ncns3)C2)n1. The standard InChI is InChI=1S/C23H20FN7O7S/c1-3-37-21(35)15-6-16(22(36)38-4-2)31(28-15)11-7-29(8-11)19-14(24)5-12-17(32)13(20(33)34)9-30(18(12)27-19)23-25-10-26-39-23/h5-6,9-11H,3-4,7-8H2,1-2H3,(H,33,34). The molecule has 1 saturated heterocycles. The van der Waals surface area contributed by atoms with Crippen LogP contribution in [0.2, 0.25) is 0 Å². The van der Waals surface area contributed by atoms with Gasteiger partial charge in [0.1, 0.15) is 17.6 Å². The van der Waals surface area contributed by atoms with Gasteiger partial charge in [0.2, 0.25) is 10.6 Å². The van der Waals surface area contributed by atoms with Gasteiger partial charge in [-0.3, -0.25) is 14.0 Å². The molecular formula is C23H20FN7O7S. The average molecular weight is 558 g/mol. The Balaban J connectivity index is 1.51. The van der Waals surface area contributed by atoms with Crippen molar-refractivity contribution in [3.05, 3.63) is 57.6 Å². The van der Waals surface area contributed by atoms with Crippen molar-refractivity contribution in [2.24, 2.45) is 0 Å². The minimum Gasteiger partial charge on any atom is -0.477 e. The molecule has 1 aliphatic heterocycles. The van der Waals surface area contributed by atoms with Crippen molar-refractivity contribution in [1.29, 1.82) is 0 Å². The zero-order valence-corrected chi connectivity index (χ0v) is 21.3. The molecule has 0 aliphatic carbocycles. The van der Waals surface area contributed by atoms with E-state index in [1.807, 2.05) is 0 Å². The number of aromatic nitrogens is 6.